The molecule has 0 aromatic rings. The van der Waals surface area contributed by atoms with Gasteiger partial charge >= 0.3 is 0 Å². The summed E-state index contributed by atoms with van der Waals surface area (Å²) in [6, 6.07) is 0. The molecule has 4 saturated carbocycles. The van der Waals surface area contributed by atoms with Crippen LogP contribution in [0.1, 0.15) is 85.5 Å². The maximum Gasteiger partial charge on any atom is 0.0599 e. The van der Waals surface area contributed by atoms with Gasteiger partial charge in [-0.25, -0.2) is 0 Å². The van der Waals surface area contributed by atoms with E-state index in [1.54, 1.807) is 0 Å². The van der Waals surface area contributed by atoms with E-state index in [0.717, 1.165) is 30.1 Å². The highest BCUT2D eigenvalue weighted by Crippen LogP contribution is 2.66. The molecule has 1 nitrogen and oxygen atoms in total. The van der Waals surface area contributed by atoms with E-state index in [9.17, 15) is 5.11 Å². The molecular formula is C20H36O. The van der Waals surface area contributed by atoms with Gasteiger partial charge in [0.2, 0.25) is 0 Å². The first-order valence-corrected chi connectivity index (χ1v) is 9.24. The zero-order valence-corrected chi connectivity index (χ0v) is 13.4. The molecule has 21 heavy (non-hydrogen) atoms. The van der Waals surface area contributed by atoms with Crippen LogP contribution in [0.15, 0.2) is 0 Å². The van der Waals surface area contributed by atoms with Crippen molar-refractivity contribution in [1.29, 1.82) is 0 Å². The summed E-state index contributed by atoms with van der Waals surface area (Å²) < 4.78 is 0. The largest absolute Gasteiger partial charge is 0.393 e. The Morgan fingerprint density at radius 2 is 1.57 bits per heavy atom. The first kappa shape index (κ1) is 15.8. The lowest BCUT2D eigenvalue weighted by Gasteiger charge is -2.61. The number of rotatable bonds is 0. The molecule has 0 aliphatic heterocycles. The van der Waals surface area contributed by atoms with Gasteiger partial charge in [-0.05, 0) is 79.4 Å². The van der Waals surface area contributed by atoms with Gasteiger partial charge in [0.1, 0.15) is 0 Å². The summed E-state index contributed by atoms with van der Waals surface area (Å²) in [5.41, 5.74) is 0.825. The van der Waals surface area contributed by atoms with E-state index >= 15 is 0 Å². The van der Waals surface area contributed by atoms with Crippen LogP contribution in [0.3, 0.4) is 0 Å². The highest BCUT2D eigenvalue weighted by atomic mass is 16.3. The maximum absolute atomic E-state index is 10.9. The van der Waals surface area contributed by atoms with Crippen LogP contribution in [0.4, 0.5) is 0 Å². The van der Waals surface area contributed by atoms with E-state index in [0.29, 0.717) is 5.41 Å². The minimum Gasteiger partial charge on any atom is -0.393 e. The Hall–Kier alpha value is -0.0400. The molecule has 0 radical (unpaired) electrons. The van der Waals surface area contributed by atoms with Crippen LogP contribution in [0.5, 0.6) is 0 Å². The molecule has 4 aliphatic rings. The Morgan fingerprint density at radius 1 is 0.810 bits per heavy atom. The van der Waals surface area contributed by atoms with Gasteiger partial charge in [0, 0.05) is 0 Å². The number of aliphatic hydroxyl groups excluding tert-OH is 1. The number of hydrogen-bond donors (Lipinski definition) is 1. The number of hydrogen-bond acceptors (Lipinski definition) is 1. The summed E-state index contributed by atoms with van der Waals surface area (Å²) in [6.45, 7) is 5.00. The van der Waals surface area contributed by atoms with Crippen molar-refractivity contribution >= 4 is 0 Å². The Morgan fingerprint density at radius 3 is 2.38 bits per heavy atom. The van der Waals surface area contributed by atoms with Crippen LogP contribution in [-0.4, -0.2) is 11.2 Å². The molecule has 0 bridgehead atoms. The van der Waals surface area contributed by atoms with Crippen molar-refractivity contribution in [2.75, 3.05) is 0 Å². The molecule has 122 valence electrons. The Balaban J connectivity index is 0.00000132. The summed E-state index contributed by atoms with van der Waals surface area (Å²) in [5.74, 6) is 3.56. The lowest BCUT2D eigenvalue weighted by Crippen LogP contribution is -2.56. The lowest BCUT2D eigenvalue weighted by atomic mass is 9.45. The average Bonchev–Trinajstić information content (AvgIpc) is 2.83. The molecule has 0 aromatic carbocycles. The summed E-state index contributed by atoms with van der Waals surface area (Å²) >= 11 is 0. The molecule has 4 fully saturated rings. The fourth-order valence-corrected chi connectivity index (χ4v) is 7.25. The van der Waals surface area contributed by atoms with Crippen molar-refractivity contribution in [2.45, 2.75) is 91.6 Å². The molecule has 4 rings (SSSR count). The van der Waals surface area contributed by atoms with Gasteiger partial charge in [0.25, 0.3) is 0 Å². The molecular weight excluding hydrogens is 256 g/mol. The van der Waals surface area contributed by atoms with Crippen molar-refractivity contribution in [3.8, 4) is 0 Å². The normalized spacial score (nSPS) is 55.9. The molecule has 0 saturated heterocycles. The van der Waals surface area contributed by atoms with E-state index in [2.05, 4.69) is 13.8 Å². The Labute approximate surface area is 131 Å². The number of fused-ring (bicyclic) bond motifs is 5. The van der Waals surface area contributed by atoms with Crippen molar-refractivity contribution in [3.63, 3.8) is 0 Å². The standard InChI is InChI=1S/C19H32O.CH4/c1-18-10-4-3-6-13(18)8-9-14-15-7-5-11-19(15,2)17(20)12-16(14)18;/h13-17,20H,3-12H2,1-2H3;1H4/t13?,14?,15?,16?,17-,18?,19?;/m0./s1. The van der Waals surface area contributed by atoms with Crippen molar-refractivity contribution in [2.24, 2.45) is 34.5 Å². The highest BCUT2D eigenvalue weighted by Gasteiger charge is 2.60. The minimum atomic E-state index is -0.0197. The van der Waals surface area contributed by atoms with Crippen LogP contribution in [0.25, 0.3) is 0 Å². The fraction of sp³-hybridized carbons (Fsp3) is 1.00. The average molecular weight is 293 g/mol. The van der Waals surface area contributed by atoms with Crippen LogP contribution < -0.4 is 0 Å². The number of aliphatic hydroxyl groups is 1. The smallest absolute Gasteiger partial charge is 0.0599 e. The molecule has 0 heterocycles. The maximum atomic E-state index is 10.9. The van der Waals surface area contributed by atoms with Gasteiger partial charge in [-0.15, -0.1) is 0 Å². The fourth-order valence-electron chi connectivity index (χ4n) is 7.25. The first-order valence-electron chi connectivity index (χ1n) is 9.24. The Kier molecular flexibility index (Phi) is 3.96. The third-order valence-electron chi connectivity index (χ3n) is 8.50. The molecule has 7 atom stereocenters. The molecule has 0 spiro atoms. The topological polar surface area (TPSA) is 20.2 Å². The summed E-state index contributed by atoms with van der Waals surface area (Å²) in [5, 5.41) is 10.9. The highest BCUT2D eigenvalue weighted by molar-refractivity contribution is 5.09. The molecule has 4 aliphatic carbocycles. The molecule has 0 aromatic heterocycles. The van der Waals surface area contributed by atoms with Crippen molar-refractivity contribution in [3.05, 3.63) is 0 Å². The summed E-state index contributed by atoms with van der Waals surface area (Å²) in [7, 11) is 0. The Bertz CT molecular complexity index is 391. The van der Waals surface area contributed by atoms with Gasteiger partial charge in [0.15, 0.2) is 0 Å². The van der Waals surface area contributed by atoms with E-state index in [1.165, 1.54) is 57.8 Å². The third-order valence-corrected chi connectivity index (χ3v) is 8.50. The second-order valence-electron chi connectivity index (χ2n) is 9.05. The summed E-state index contributed by atoms with van der Waals surface area (Å²) in [4.78, 5) is 0. The van der Waals surface area contributed by atoms with Gasteiger partial charge in [-0.2, -0.15) is 0 Å². The SMILES string of the molecule is C.CC12CCCCC1CCC1C2C[C@H](O)C2(C)CCCC12. The molecule has 6 unspecified atom stereocenters. The predicted octanol–water partition coefficient (Wildman–Crippen LogP) is 5.42. The van der Waals surface area contributed by atoms with Gasteiger partial charge in [0.05, 0.1) is 6.10 Å². The van der Waals surface area contributed by atoms with Gasteiger partial charge < -0.3 is 5.11 Å². The van der Waals surface area contributed by atoms with Crippen molar-refractivity contribution in [1.82, 2.24) is 0 Å². The lowest BCUT2D eigenvalue weighted by molar-refractivity contribution is -0.152. The predicted molar refractivity (Wildman–Crippen MR) is 89.1 cm³/mol. The molecule has 1 heteroatoms. The van der Waals surface area contributed by atoms with Crippen LogP contribution in [0.2, 0.25) is 0 Å². The monoisotopic (exact) mass is 292 g/mol. The zero-order chi connectivity index (χ0) is 14.0. The van der Waals surface area contributed by atoms with E-state index in [4.69, 9.17) is 0 Å². The van der Waals surface area contributed by atoms with E-state index in [-0.39, 0.29) is 18.9 Å². The van der Waals surface area contributed by atoms with Gasteiger partial charge in [-0.1, -0.05) is 40.5 Å². The minimum absolute atomic E-state index is 0. The first-order chi connectivity index (χ1) is 9.56. The van der Waals surface area contributed by atoms with E-state index < -0.39 is 0 Å². The molecule has 1 N–H and O–H groups in total. The second-order valence-corrected chi connectivity index (χ2v) is 9.05. The molecule has 0 amide bonds. The quantitative estimate of drug-likeness (QED) is 0.632. The van der Waals surface area contributed by atoms with Gasteiger partial charge in [-0.3, -0.25) is 0 Å². The van der Waals surface area contributed by atoms with E-state index in [1.807, 2.05) is 0 Å². The van der Waals surface area contributed by atoms with Crippen molar-refractivity contribution < 1.29 is 5.11 Å². The second kappa shape index (κ2) is 5.25. The van der Waals surface area contributed by atoms with Crippen LogP contribution in [0, 0.1) is 34.5 Å². The van der Waals surface area contributed by atoms with Crippen LogP contribution in [-0.2, 0) is 0 Å². The third kappa shape index (κ3) is 2.06. The van der Waals surface area contributed by atoms with Crippen LogP contribution >= 0.6 is 0 Å². The summed E-state index contributed by atoms with van der Waals surface area (Å²) in [6.07, 6.45) is 13.9. The zero-order valence-electron chi connectivity index (χ0n) is 13.4.